The predicted octanol–water partition coefficient (Wildman–Crippen LogP) is 3.42. The highest BCUT2D eigenvalue weighted by Gasteiger charge is 2.43. The van der Waals surface area contributed by atoms with Crippen LogP contribution >= 0.6 is 39.5 Å². The van der Waals surface area contributed by atoms with E-state index in [1.165, 1.54) is 29.2 Å². The summed E-state index contributed by atoms with van der Waals surface area (Å²) in [5, 5.41) is 0. The molecule has 0 N–H and O–H groups in total. The van der Waals surface area contributed by atoms with Gasteiger partial charge in [-0.3, -0.25) is 4.98 Å². The Morgan fingerprint density at radius 2 is 2.14 bits per heavy atom. The van der Waals surface area contributed by atoms with Crippen molar-refractivity contribution in [2.45, 2.75) is 16.9 Å². The van der Waals surface area contributed by atoms with Gasteiger partial charge in [-0.1, -0.05) is 0 Å². The molecular formula is C10H10BrNS2. The predicted molar refractivity (Wildman–Crippen MR) is 66.9 cm³/mol. The summed E-state index contributed by atoms with van der Waals surface area (Å²) in [5.74, 6) is 2.58. The number of thioether (sulfide) groups is 2. The second-order valence-corrected chi connectivity index (χ2v) is 7.56. The van der Waals surface area contributed by atoms with E-state index >= 15 is 0 Å². The molecule has 2 aliphatic rings. The maximum atomic E-state index is 4.50. The van der Waals surface area contributed by atoms with E-state index in [4.69, 9.17) is 0 Å². The molecule has 14 heavy (non-hydrogen) atoms. The maximum Gasteiger partial charge on any atom is 0.0882 e. The lowest BCUT2D eigenvalue weighted by Gasteiger charge is -2.21. The number of rotatable bonds is 0. The van der Waals surface area contributed by atoms with Crippen LogP contribution in [0.4, 0.5) is 0 Å². The molecule has 0 saturated carbocycles. The normalized spacial score (nSPS) is 22.9. The van der Waals surface area contributed by atoms with Crippen LogP contribution in [-0.2, 0) is 10.5 Å². The van der Waals surface area contributed by atoms with Crippen LogP contribution in [0, 0.1) is 0 Å². The van der Waals surface area contributed by atoms with E-state index in [2.05, 4.69) is 50.5 Å². The van der Waals surface area contributed by atoms with Crippen LogP contribution in [-0.4, -0.2) is 16.5 Å². The fraction of sp³-hybridized carbons (Fsp3) is 0.500. The lowest BCUT2D eigenvalue weighted by Crippen LogP contribution is -2.09. The lowest BCUT2D eigenvalue weighted by molar-refractivity contribution is 0.839. The van der Waals surface area contributed by atoms with Gasteiger partial charge in [0.2, 0.25) is 0 Å². The average Bonchev–Trinajstić information content (AvgIpc) is 2.77. The summed E-state index contributed by atoms with van der Waals surface area (Å²) < 4.78 is 1.47. The molecular weight excluding hydrogens is 278 g/mol. The molecule has 3 rings (SSSR count). The second kappa shape index (κ2) is 3.42. The topological polar surface area (TPSA) is 12.9 Å². The van der Waals surface area contributed by atoms with Gasteiger partial charge in [-0.2, -0.15) is 0 Å². The highest BCUT2D eigenvalue weighted by Crippen LogP contribution is 2.58. The average molecular weight is 288 g/mol. The van der Waals surface area contributed by atoms with Gasteiger partial charge in [0, 0.05) is 33.4 Å². The van der Waals surface area contributed by atoms with E-state index in [1.54, 1.807) is 0 Å². The molecule has 2 heterocycles. The third-order valence-corrected chi connectivity index (χ3v) is 6.79. The molecule has 1 aliphatic carbocycles. The van der Waals surface area contributed by atoms with Crippen LogP contribution < -0.4 is 0 Å². The SMILES string of the molecule is Brc1cnc2c(c1)C1(CC2)SCCS1. The van der Waals surface area contributed by atoms with Gasteiger partial charge in [-0.25, -0.2) is 0 Å². The monoisotopic (exact) mass is 287 g/mol. The Balaban J connectivity index is 2.12. The van der Waals surface area contributed by atoms with Crippen molar-refractivity contribution in [2.24, 2.45) is 0 Å². The maximum absolute atomic E-state index is 4.50. The molecule has 0 radical (unpaired) electrons. The molecule has 0 bridgehead atoms. The molecule has 1 spiro atoms. The molecule has 1 saturated heterocycles. The lowest BCUT2D eigenvalue weighted by atomic mass is 10.2. The van der Waals surface area contributed by atoms with Crippen LogP contribution in [0.5, 0.6) is 0 Å². The van der Waals surface area contributed by atoms with Crippen LogP contribution in [0.25, 0.3) is 0 Å². The van der Waals surface area contributed by atoms with Crippen LogP contribution in [0.1, 0.15) is 17.7 Å². The second-order valence-electron chi connectivity index (χ2n) is 3.60. The third-order valence-electron chi connectivity index (χ3n) is 2.79. The molecule has 1 fully saturated rings. The first-order chi connectivity index (χ1) is 6.80. The molecule has 0 unspecified atom stereocenters. The van der Waals surface area contributed by atoms with Crippen molar-refractivity contribution >= 4 is 39.5 Å². The zero-order valence-electron chi connectivity index (χ0n) is 7.62. The van der Waals surface area contributed by atoms with Crippen molar-refractivity contribution in [1.29, 1.82) is 0 Å². The van der Waals surface area contributed by atoms with Gasteiger partial charge < -0.3 is 0 Å². The summed E-state index contributed by atoms with van der Waals surface area (Å²) in [4.78, 5) is 4.50. The Morgan fingerprint density at radius 1 is 1.36 bits per heavy atom. The number of pyridine rings is 1. The van der Waals surface area contributed by atoms with Gasteiger partial charge in [-0.15, -0.1) is 23.5 Å². The van der Waals surface area contributed by atoms with Crippen LogP contribution in [0.3, 0.4) is 0 Å². The van der Waals surface area contributed by atoms with E-state index < -0.39 is 0 Å². The molecule has 1 aromatic rings. The third kappa shape index (κ3) is 1.34. The number of hydrogen-bond donors (Lipinski definition) is 0. The van der Waals surface area contributed by atoms with E-state index in [0.29, 0.717) is 4.08 Å². The Kier molecular flexibility index (Phi) is 2.33. The Hall–Kier alpha value is 0.330. The first kappa shape index (κ1) is 9.55. The minimum absolute atomic E-state index is 0.353. The molecule has 0 amide bonds. The number of aryl methyl sites for hydroxylation is 1. The summed E-state index contributed by atoms with van der Waals surface area (Å²) in [7, 11) is 0. The molecule has 1 nitrogen and oxygen atoms in total. The fourth-order valence-electron chi connectivity index (χ4n) is 2.17. The van der Waals surface area contributed by atoms with Crippen molar-refractivity contribution in [2.75, 3.05) is 11.5 Å². The summed E-state index contributed by atoms with van der Waals surface area (Å²) in [6.45, 7) is 0. The summed E-state index contributed by atoms with van der Waals surface area (Å²) >= 11 is 7.73. The zero-order chi connectivity index (χ0) is 9.60. The number of halogens is 1. The van der Waals surface area contributed by atoms with Crippen molar-refractivity contribution in [3.05, 3.63) is 28.0 Å². The van der Waals surface area contributed by atoms with Crippen LogP contribution in [0.2, 0.25) is 0 Å². The quantitative estimate of drug-likeness (QED) is 0.726. The van der Waals surface area contributed by atoms with E-state index in [1.807, 2.05) is 6.20 Å². The minimum atomic E-state index is 0.353. The van der Waals surface area contributed by atoms with Crippen molar-refractivity contribution in [3.63, 3.8) is 0 Å². The zero-order valence-corrected chi connectivity index (χ0v) is 10.8. The number of aromatic nitrogens is 1. The highest BCUT2D eigenvalue weighted by molar-refractivity contribution is 9.10. The number of nitrogens with zero attached hydrogens (tertiary/aromatic N) is 1. The molecule has 4 heteroatoms. The van der Waals surface area contributed by atoms with Crippen molar-refractivity contribution in [1.82, 2.24) is 4.98 Å². The van der Waals surface area contributed by atoms with E-state index in [0.717, 1.165) is 10.9 Å². The van der Waals surface area contributed by atoms with E-state index in [-0.39, 0.29) is 0 Å². The Labute approximate surface area is 101 Å². The fourth-order valence-corrected chi connectivity index (χ4v) is 5.82. The molecule has 1 aliphatic heterocycles. The Bertz CT molecular complexity index is 374. The highest BCUT2D eigenvalue weighted by atomic mass is 79.9. The van der Waals surface area contributed by atoms with Crippen molar-refractivity contribution < 1.29 is 0 Å². The number of fused-ring (bicyclic) bond motifs is 2. The summed E-state index contributed by atoms with van der Waals surface area (Å²) in [6, 6.07) is 2.26. The Morgan fingerprint density at radius 3 is 2.93 bits per heavy atom. The van der Waals surface area contributed by atoms with Gasteiger partial charge in [0.15, 0.2) is 0 Å². The number of hydrogen-bond acceptors (Lipinski definition) is 3. The van der Waals surface area contributed by atoms with Crippen molar-refractivity contribution in [3.8, 4) is 0 Å². The minimum Gasteiger partial charge on any atom is -0.260 e. The molecule has 0 aromatic carbocycles. The molecule has 74 valence electrons. The summed E-state index contributed by atoms with van der Waals surface area (Å²) in [5.41, 5.74) is 2.79. The summed E-state index contributed by atoms with van der Waals surface area (Å²) in [6.07, 6.45) is 4.34. The van der Waals surface area contributed by atoms with Gasteiger partial charge in [0.1, 0.15) is 0 Å². The first-order valence-corrected chi connectivity index (χ1v) is 7.49. The molecule has 1 aromatic heterocycles. The van der Waals surface area contributed by atoms with Gasteiger partial charge in [-0.05, 0) is 34.8 Å². The standard InChI is InChI=1S/C10H10BrNS2/c11-7-5-8-9(12-6-7)1-2-10(8)13-3-4-14-10/h5-6H,1-4H2. The van der Waals surface area contributed by atoms with Gasteiger partial charge in [0.05, 0.1) is 4.08 Å². The van der Waals surface area contributed by atoms with Crippen LogP contribution in [0.15, 0.2) is 16.7 Å². The molecule has 0 atom stereocenters. The van der Waals surface area contributed by atoms with E-state index in [9.17, 15) is 0 Å². The smallest absolute Gasteiger partial charge is 0.0882 e. The van der Waals surface area contributed by atoms with Gasteiger partial charge in [0.25, 0.3) is 0 Å². The van der Waals surface area contributed by atoms with Gasteiger partial charge >= 0.3 is 0 Å². The largest absolute Gasteiger partial charge is 0.260 e. The first-order valence-electron chi connectivity index (χ1n) is 4.73.